The van der Waals surface area contributed by atoms with Gasteiger partial charge in [-0.1, -0.05) is 121 Å². The molecule has 20 heteroatoms. The van der Waals surface area contributed by atoms with E-state index in [1.165, 1.54) is 78.9 Å². The SMILES string of the molecule is [C-]#[N+]c1ccc(C(=O)c2ccc(F)cc2)c(CO)c1.[C-]#[N+]c1ccc(C(O)(CCCN(C)C)c2ccc(F)cc2)c(CO)c1.[C-]#[N+]c1ccc2c(c1)COC2(CCCN(C)C)c1ccc(F)cc1.[C-]#[N+]c1ccc2c(c1)COC2(CCCN(C)C)c1ccc(F)cc1.[C-]#[N+]c1ccc2c(c1)COC2=O. The van der Waals surface area contributed by atoms with E-state index in [1.54, 1.807) is 48.5 Å². The number of esters is 1. The lowest BCUT2D eigenvalue weighted by molar-refractivity contribution is -0.0141. The Labute approximate surface area is 605 Å². The van der Waals surface area contributed by atoms with Crippen molar-refractivity contribution >= 4 is 40.2 Å². The molecule has 0 aliphatic carbocycles. The number of carbonyl (C=O) groups excluding carboxylic acids is 2. The van der Waals surface area contributed by atoms with Gasteiger partial charge in [0.05, 0.1) is 64.9 Å². The molecule has 12 rings (SSSR count). The summed E-state index contributed by atoms with van der Waals surface area (Å²) in [6.07, 6.45) is 4.71. The van der Waals surface area contributed by atoms with Crippen molar-refractivity contribution < 1.29 is 56.7 Å². The molecule has 9 aromatic carbocycles. The van der Waals surface area contributed by atoms with Crippen LogP contribution < -0.4 is 0 Å². The van der Waals surface area contributed by atoms with Crippen LogP contribution in [0.2, 0.25) is 0 Å². The fourth-order valence-corrected chi connectivity index (χ4v) is 12.7. The number of ether oxygens (including phenoxy) is 3. The van der Waals surface area contributed by atoms with E-state index in [0.29, 0.717) is 93.6 Å². The van der Waals surface area contributed by atoms with Crippen LogP contribution in [0.1, 0.15) is 126 Å². The minimum absolute atomic E-state index is 0.247. The number of hydrogen-bond donors (Lipinski definition) is 3. The molecule has 104 heavy (non-hydrogen) atoms. The zero-order valence-corrected chi connectivity index (χ0v) is 58.8. The molecular formula is C84H80F4N8O8. The number of rotatable bonds is 20. The van der Waals surface area contributed by atoms with Crippen molar-refractivity contribution in [1.82, 2.24) is 14.7 Å². The fourth-order valence-electron chi connectivity index (χ4n) is 12.7. The van der Waals surface area contributed by atoms with Gasteiger partial charge in [0.1, 0.15) is 46.7 Å². The lowest BCUT2D eigenvalue weighted by Crippen LogP contribution is -2.30. The van der Waals surface area contributed by atoms with Crippen LogP contribution in [0.4, 0.5) is 46.0 Å². The number of ketones is 1. The van der Waals surface area contributed by atoms with Crippen molar-refractivity contribution in [2.75, 3.05) is 61.9 Å². The maximum atomic E-state index is 13.4. The third-order valence-corrected chi connectivity index (χ3v) is 18.0. The van der Waals surface area contributed by atoms with E-state index in [2.05, 4.69) is 62.2 Å². The number of aliphatic hydroxyl groups is 3. The molecule has 16 nitrogen and oxygen atoms in total. The highest BCUT2D eigenvalue weighted by Crippen LogP contribution is 2.48. The average molecular weight is 1410 g/mol. The molecule has 3 heterocycles. The van der Waals surface area contributed by atoms with Gasteiger partial charge in [0.25, 0.3) is 0 Å². The van der Waals surface area contributed by atoms with Crippen LogP contribution in [0.15, 0.2) is 188 Å². The second-order valence-corrected chi connectivity index (χ2v) is 25.8. The number of cyclic esters (lactones) is 1. The summed E-state index contributed by atoms with van der Waals surface area (Å²) in [5.41, 5.74) is 10.4. The predicted molar refractivity (Wildman–Crippen MR) is 391 cm³/mol. The Kier molecular flexibility index (Phi) is 27.8. The topological polar surface area (TPSA) is 154 Å². The number of benzene rings is 9. The summed E-state index contributed by atoms with van der Waals surface area (Å²) in [6, 6.07) is 49.9. The first-order chi connectivity index (χ1) is 50.0. The molecule has 0 aromatic heterocycles. The minimum atomic E-state index is -1.36. The van der Waals surface area contributed by atoms with Gasteiger partial charge in [-0.05, 0) is 228 Å². The van der Waals surface area contributed by atoms with E-state index in [4.69, 9.17) is 47.1 Å². The van der Waals surface area contributed by atoms with Gasteiger partial charge in [0, 0.05) is 11.1 Å². The van der Waals surface area contributed by atoms with E-state index in [9.17, 15) is 42.5 Å². The normalized spacial score (nSPS) is 15.5. The first-order valence-corrected chi connectivity index (χ1v) is 33.4. The Balaban J connectivity index is 0.000000167. The molecular weight excluding hydrogens is 1320 g/mol. The van der Waals surface area contributed by atoms with Crippen LogP contribution in [0.3, 0.4) is 0 Å². The summed E-state index contributed by atoms with van der Waals surface area (Å²) in [5.74, 6) is -1.87. The zero-order valence-electron chi connectivity index (χ0n) is 58.8. The van der Waals surface area contributed by atoms with Crippen LogP contribution >= 0.6 is 0 Å². The first-order valence-electron chi connectivity index (χ1n) is 33.4. The summed E-state index contributed by atoms with van der Waals surface area (Å²) in [7, 11) is 12.1. The molecule has 3 atom stereocenters. The zero-order chi connectivity index (χ0) is 75.1. The average Bonchev–Trinajstić information content (AvgIpc) is 1.59. The Bertz CT molecular complexity index is 4560. The molecule has 0 spiro atoms. The van der Waals surface area contributed by atoms with Crippen LogP contribution in [0.5, 0.6) is 0 Å². The van der Waals surface area contributed by atoms with Gasteiger partial charge in [-0.3, -0.25) is 4.79 Å². The van der Waals surface area contributed by atoms with Crippen molar-refractivity contribution in [1.29, 1.82) is 0 Å². The summed E-state index contributed by atoms with van der Waals surface area (Å²) < 4.78 is 70.2. The highest BCUT2D eigenvalue weighted by molar-refractivity contribution is 6.10. The number of carbonyl (C=O) groups is 2. The maximum Gasteiger partial charge on any atom is 0.338 e. The van der Waals surface area contributed by atoms with E-state index >= 15 is 0 Å². The van der Waals surface area contributed by atoms with Gasteiger partial charge in [0.15, 0.2) is 34.2 Å². The molecule has 9 aromatic rings. The predicted octanol–water partition coefficient (Wildman–Crippen LogP) is 17.4. The molecule has 0 saturated heterocycles. The summed E-state index contributed by atoms with van der Waals surface area (Å²) >= 11 is 0. The number of aliphatic hydroxyl groups excluding tert-OH is 2. The molecule has 3 unspecified atom stereocenters. The second kappa shape index (κ2) is 36.7. The highest BCUT2D eigenvalue weighted by Gasteiger charge is 2.43. The Hall–Kier alpha value is -11.0. The van der Waals surface area contributed by atoms with Crippen molar-refractivity contribution in [2.24, 2.45) is 0 Å². The van der Waals surface area contributed by atoms with Gasteiger partial charge >= 0.3 is 5.97 Å². The fraction of sp³-hybridized carbons (Fsp3) is 0.274. The van der Waals surface area contributed by atoms with Crippen molar-refractivity contribution in [3.8, 4) is 0 Å². The largest absolute Gasteiger partial charge is 0.457 e. The van der Waals surface area contributed by atoms with Gasteiger partial charge in [-0.25, -0.2) is 46.6 Å². The lowest BCUT2D eigenvalue weighted by Gasteiger charge is -2.32. The molecule has 0 fully saturated rings. The standard InChI is InChI=1S/C20H23FN2O2.2C20H21FN2O.C15H10FNO2.C9H5NO2/c1-22-18-9-10-19(15(13-18)14-24)20(25,11-4-12-23(2)3)16-5-7-17(21)8-6-16;2*1-22-18-9-10-19-15(13-18)14-24-20(19,11-4-12-23(2)3)16-5-7-17(21)8-6-16;1-17-13-6-7-14(11(8-13)9-18)15(19)10-2-4-12(16)5-3-10;1-10-7-2-3-8-6(4-7)5-12-9(8)11/h5-10,13,24-25H,4,11-12,14H2,2-3H3;2*5-10,13H,4,11-12,14H2,2-3H3;2-8,18H,9H2;2-4H,5H2. The van der Waals surface area contributed by atoms with E-state index in [1.807, 2.05) is 79.7 Å². The first kappa shape index (κ1) is 78.7. The van der Waals surface area contributed by atoms with Crippen LogP contribution in [0.25, 0.3) is 24.2 Å². The Morgan fingerprint density at radius 3 is 1.30 bits per heavy atom. The molecule has 3 aliphatic heterocycles. The Morgan fingerprint density at radius 1 is 0.471 bits per heavy atom. The molecule has 0 saturated carbocycles. The van der Waals surface area contributed by atoms with Crippen molar-refractivity contribution in [2.45, 2.75) is 88.4 Å². The van der Waals surface area contributed by atoms with Gasteiger partial charge in [0.2, 0.25) is 0 Å². The molecule has 0 amide bonds. The number of hydrogen-bond acceptors (Lipinski definition) is 11. The summed E-state index contributed by atoms with van der Waals surface area (Å²) in [5, 5.41) is 30.5. The van der Waals surface area contributed by atoms with E-state index in [-0.39, 0.29) is 42.4 Å². The third-order valence-electron chi connectivity index (χ3n) is 18.0. The summed E-state index contributed by atoms with van der Waals surface area (Å²) in [6.45, 7) is 38.5. The molecule has 532 valence electrons. The monoisotopic (exact) mass is 1400 g/mol. The maximum absolute atomic E-state index is 13.4. The highest BCUT2D eigenvalue weighted by atomic mass is 19.1. The third kappa shape index (κ3) is 19.6. The van der Waals surface area contributed by atoms with Crippen molar-refractivity contribution in [3.05, 3.63) is 346 Å². The number of nitrogens with zero attached hydrogens (tertiary/aromatic N) is 8. The lowest BCUT2D eigenvalue weighted by atomic mass is 9.80. The number of halogens is 4. The molecule has 0 bridgehead atoms. The van der Waals surface area contributed by atoms with Crippen LogP contribution in [0, 0.1) is 56.1 Å². The van der Waals surface area contributed by atoms with Gasteiger partial charge in [-0.2, -0.15) is 0 Å². The number of fused-ring (bicyclic) bond motifs is 3. The van der Waals surface area contributed by atoms with Gasteiger partial charge in [-0.15, -0.1) is 0 Å². The van der Waals surface area contributed by atoms with E-state index < -0.39 is 22.6 Å². The Morgan fingerprint density at radius 2 is 0.856 bits per heavy atom. The molecule has 3 aliphatic rings. The molecule has 3 N–H and O–H groups in total. The van der Waals surface area contributed by atoms with E-state index in [0.717, 1.165) is 90.7 Å². The minimum Gasteiger partial charge on any atom is -0.457 e. The van der Waals surface area contributed by atoms with Crippen LogP contribution in [-0.2, 0) is 64.0 Å². The van der Waals surface area contributed by atoms with Crippen molar-refractivity contribution in [3.63, 3.8) is 0 Å². The van der Waals surface area contributed by atoms with Crippen LogP contribution in [-0.4, -0.2) is 104 Å². The smallest absolute Gasteiger partial charge is 0.338 e. The second-order valence-electron chi connectivity index (χ2n) is 25.8. The quantitative estimate of drug-likeness (QED) is 0.0289. The van der Waals surface area contributed by atoms with Gasteiger partial charge < -0.3 is 44.2 Å². The summed E-state index contributed by atoms with van der Waals surface area (Å²) in [4.78, 5) is 46.4. The molecule has 0 radical (unpaired) electrons.